The molecule has 1 fully saturated rings. The molecule has 2 rings (SSSR count). The fourth-order valence-corrected chi connectivity index (χ4v) is 3.03. The van der Waals surface area contributed by atoms with E-state index < -0.39 is 46.4 Å². The number of nitrogens with two attached hydrogens (primary N) is 1. The van der Waals surface area contributed by atoms with Crippen molar-refractivity contribution in [2.45, 2.75) is 56.8 Å². The van der Waals surface area contributed by atoms with Gasteiger partial charge in [-0.3, -0.25) is 14.3 Å². The van der Waals surface area contributed by atoms with E-state index in [2.05, 4.69) is 4.74 Å². The van der Waals surface area contributed by atoms with Crippen LogP contribution in [0.2, 0.25) is 0 Å². The van der Waals surface area contributed by atoms with Gasteiger partial charge in [-0.05, 0) is 27.7 Å². The second-order valence-electron chi connectivity index (χ2n) is 6.84. The first-order valence-corrected chi connectivity index (χ1v) is 7.54. The molecule has 0 bridgehead atoms. The standard InChI is InChI=1S/C15H22FN3O6/c1-7-6-19(12(22)18-8(7)20)10-14(3,16)15(4,23)9(25-10)13(2,17)11(21)24-5/h6,9-10,23H,17H2,1-5H3,(H,18,20,22)/t9-,10-,13?,14+,15-/m1/s1. The molecule has 4 N–H and O–H groups in total. The number of esters is 1. The lowest BCUT2D eigenvalue weighted by Gasteiger charge is -2.38. The van der Waals surface area contributed by atoms with E-state index in [9.17, 15) is 19.5 Å². The summed E-state index contributed by atoms with van der Waals surface area (Å²) in [5, 5.41) is 10.7. The number of carbonyl (C=O) groups is 1. The van der Waals surface area contributed by atoms with Crippen LogP contribution in [-0.4, -0.2) is 50.6 Å². The molecule has 0 radical (unpaired) electrons. The summed E-state index contributed by atoms with van der Waals surface area (Å²) >= 11 is 0. The lowest BCUT2D eigenvalue weighted by molar-refractivity contribution is -0.161. The number of nitrogens with zero attached hydrogens (tertiary/aromatic N) is 1. The molecule has 0 aliphatic carbocycles. The zero-order chi connectivity index (χ0) is 19.4. The van der Waals surface area contributed by atoms with Gasteiger partial charge in [0.15, 0.2) is 11.9 Å². The smallest absolute Gasteiger partial charge is 0.330 e. The van der Waals surface area contributed by atoms with E-state index in [0.29, 0.717) is 0 Å². The van der Waals surface area contributed by atoms with Crippen LogP contribution in [0.1, 0.15) is 32.6 Å². The van der Waals surface area contributed by atoms with Gasteiger partial charge in [-0.2, -0.15) is 0 Å². The zero-order valence-corrected chi connectivity index (χ0v) is 14.6. The van der Waals surface area contributed by atoms with E-state index in [1.165, 1.54) is 13.8 Å². The van der Waals surface area contributed by atoms with E-state index in [1.807, 2.05) is 4.98 Å². The largest absolute Gasteiger partial charge is 0.468 e. The number of H-pyrrole nitrogens is 1. The zero-order valence-electron chi connectivity index (χ0n) is 14.6. The molecule has 0 aromatic carbocycles. The third-order valence-electron chi connectivity index (χ3n) is 4.80. The molecular formula is C15H22FN3O6. The Balaban J connectivity index is 2.61. The highest BCUT2D eigenvalue weighted by Crippen LogP contribution is 2.50. The Morgan fingerprint density at radius 1 is 1.52 bits per heavy atom. The van der Waals surface area contributed by atoms with Gasteiger partial charge in [0, 0.05) is 11.8 Å². The summed E-state index contributed by atoms with van der Waals surface area (Å²) in [6.45, 7) is 4.81. The summed E-state index contributed by atoms with van der Waals surface area (Å²) in [4.78, 5) is 37.6. The van der Waals surface area contributed by atoms with Gasteiger partial charge in [0.2, 0.25) is 0 Å². The van der Waals surface area contributed by atoms with Gasteiger partial charge in [-0.15, -0.1) is 0 Å². The van der Waals surface area contributed by atoms with Crippen molar-refractivity contribution in [2.75, 3.05) is 7.11 Å². The molecule has 1 aromatic heterocycles. The van der Waals surface area contributed by atoms with E-state index in [4.69, 9.17) is 10.5 Å². The number of halogens is 1. The Hall–Kier alpha value is -2.04. The number of aromatic amines is 1. The number of hydrogen-bond acceptors (Lipinski definition) is 7. The highest BCUT2D eigenvalue weighted by molar-refractivity contribution is 5.81. The molecule has 1 aromatic rings. The summed E-state index contributed by atoms with van der Waals surface area (Å²) in [6, 6.07) is 0. The van der Waals surface area contributed by atoms with Crippen LogP contribution in [0, 0.1) is 6.92 Å². The third-order valence-corrected chi connectivity index (χ3v) is 4.80. The topological polar surface area (TPSA) is 137 Å². The molecule has 0 spiro atoms. The molecule has 9 nitrogen and oxygen atoms in total. The molecule has 1 aliphatic rings. The number of nitrogens with one attached hydrogen (secondary N) is 1. The van der Waals surface area contributed by atoms with Crippen LogP contribution in [-0.2, 0) is 14.3 Å². The summed E-state index contributed by atoms with van der Waals surface area (Å²) in [7, 11) is 1.10. The quantitative estimate of drug-likeness (QED) is 0.596. The number of aryl methyl sites for hydroxylation is 1. The molecule has 1 aliphatic heterocycles. The monoisotopic (exact) mass is 359 g/mol. The Bertz CT molecular complexity index is 810. The van der Waals surface area contributed by atoms with Crippen LogP contribution in [0.5, 0.6) is 0 Å². The number of alkyl halides is 1. The van der Waals surface area contributed by atoms with E-state index >= 15 is 4.39 Å². The van der Waals surface area contributed by atoms with Crippen molar-refractivity contribution in [1.29, 1.82) is 0 Å². The molecule has 10 heteroatoms. The number of methoxy groups -OCH3 is 1. The van der Waals surface area contributed by atoms with E-state index in [-0.39, 0.29) is 5.56 Å². The highest BCUT2D eigenvalue weighted by atomic mass is 19.1. The maximum absolute atomic E-state index is 15.5. The van der Waals surface area contributed by atoms with Gasteiger partial charge in [-0.25, -0.2) is 14.0 Å². The third kappa shape index (κ3) is 2.70. The van der Waals surface area contributed by atoms with Crippen molar-refractivity contribution in [1.82, 2.24) is 9.55 Å². The summed E-state index contributed by atoms with van der Waals surface area (Å²) < 4.78 is 26.4. The van der Waals surface area contributed by atoms with Gasteiger partial charge < -0.3 is 20.3 Å². The molecule has 140 valence electrons. The molecule has 2 heterocycles. The van der Waals surface area contributed by atoms with Crippen LogP contribution >= 0.6 is 0 Å². The lowest BCUT2D eigenvalue weighted by Crippen LogP contribution is -2.65. The summed E-state index contributed by atoms with van der Waals surface area (Å²) in [6.07, 6.45) is -2.02. The second kappa shape index (κ2) is 5.75. The highest BCUT2D eigenvalue weighted by Gasteiger charge is 2.68. The maximum atomic E-state index is 15.5. The fraction of sp³-hybridized carbons (Fsp3) is 0.667. The van der Waals surface area contributed by atoms with E-state index in [1.54, 1.807) is 0 Å². The number of carbonyl (C=O) groups excluding carboxylic acids is 1. The predicted octanol–water partition coefficient (Wildman–Crippen LogP) is -0.888. The van der Waals surface area contributed by atoms with Crippen molar-refractivity contribution in [2.24, 2.45) is 5.73 Å². The Kier molecular flexibility index (Phi) is 4.44. The van der Waals surface area contributed by atoms with Gasteiger partial charge in [0.25, 0.3) is 5.56 Å². The van der Waals surface area contributed by atoms with Gasteiger partial charge in [-0.1, -0.05) is 0 Å². The van der Waals surface area contributed by atoms with Gasteiger partial charge in [0.05, 0.1) is 7.11 Å². The number of rotatable bonds is 3. The first kappa shape index (κ1) is 19.3. The average Bonchev–Trinajstić information content (AvgIpc) is 2.68. The minimum Gasteiger partial charge on any atom is -0.468 e. The predicted molar refractivity (Wildman–Crippen MR) is 84.7 cm³/mol. The molecule has 1 saturated heterocycles. The van der Waals surface area contributed by atoms with Crippen LogP contribution in [0.25, 0.3) is 0 Å². The molecular weight excluding hydrogens is 337 g/mol. The summed E-state index contributed by atoms with van der Waals surface area (Å²) in [5.74, 6) is -0.917. The van der Waals surface area contributed by atoms with Gasteiger partial charge in [0.1, 0.15) is 17.2 Å². The molecule has 1 unspecified atom stereocenters. The first-order chi connectivity index (χ1) is 11.3. The normalized spacial score (nSPS) is 34.6. The van der Waals surface area contributed by atoms with Crippen molar-refractivity contribution in [3.8, 4) is 0 Å². The SMILES string of the molecule is COC(=O)C(C)(N)[C@H]1O[C@@H](n2cc(C)c(=O)[nH]c2=O)[C@](C)(F)[C@]1(C)O. The summed E-state index contributed by atoms with van der Waals surface area (Å²) in [5.41, 5.74) is -2.10. The van der Waals surface area contributed by atoms with Crippen LogP contribution in [0.4, 0.5) is 4.39 Å². The van der Waals surface area contributed by atoms with E-state index in [0.717, 1.165) is 31.7 Å². The van der Waals surface area contributed by atoms with Crippen molar-refractivity contribution < 1.29 is 23.8 Å². The number of aliphatic hydroxyl groups is 1. The minimum absolute atomic E-state index is 0.144. The van der Waals surface area contributed by atoms with Crippen LogP contribution < -0.4 is 17.0 Å². The Labute approximate surface area is 142 Å². The number of ether oxygens (including phenoxy) is 2. The Morgan fingerprint density at radius 2 is 2.08 bits per heavy atom. The van der Waals surface area contributed by atoms with Crippen molar-refractivity contribution in [3.05, 3.63) is 32.6 Å². The molecule has 0 amide bonds. The van der Waals surface area contributed by atoms with Crippen LogP contribution in [0.3, 0.4) is 0 Å². The minimum atomic E-state index is -2.51. The molecule has 25 heavy (non-hydrogen) atoms. The number of hydrogen-bond donors (Lipinski definition) is 3. The molecule has 0 saturated carbocycles. The average molecular weight is 359 g/mol. The van der Waals surface area contributed by atoms with Crippen molar-refractivity contribution >= 4 is 5.97 Å². The second-order valence-corrected chi connectivity index (χ2v) is 6.84. The first-order valence-electron chi connectivity index (χ1n) is 7.54. The van der Waals surface area contributed by atoms with Crippen LogP contribution in [0.15, 0.2) is 15.8 Å². The maximum Gasteiger partial charge on any atom is 0.330 e. The Morgan fingerprint density at radius 3 is 2.60 bits per heavy atom. The van der Waals surface area contributed by atoms with Gasteiger partial charge >= 0.3 is 11.7 Å². The lowest BCUT2D eigenvalue weighted by atomic mass is 9.77. The fourth-order valence-electron chi connectivity index (χ4n) is 3.03. The number of aromatic nitrogens is 2. The van der Waals surface area contributed by atoms with Crippen molar-refractivity contribution in [3.63, 3.8) is 0 Å². The molecule has 5 atom stereocenters.